The molecule has 2 unspecified atom stereocenters. The number of pyridine rings is 1. The van der Waals surface area contributed by atoms with Crippen LogP contribution in [0.1, 0.15) is 40.1 Å². The van der Waals surface area contributed by atoms with Crippen molar-refractivity contribution in [2.75, 3.05) is 42.3 Å². The van der Waals surface area contributed by atoms with Gasteiger partial charge in [0.05, 0.1) is 24.9 Å². The van der Waals surface area contributed by atoms with E-state index in [1.807, 2.05) is 78.0 Å². The lowest BCUT2D eigenvalue weighted by Gasteiger charge is -2.34. The molecule has 1 aromatic heterocycles. The molecule has 1 fully saturated rings. The molecule has 0 saturated carbocycles. The van der Waals surface area contributed by atoms with E-state index in [9.17, 15) is 44.3 Å². The number of alkyl halides is 9. The Morgan fingerprint density at radius 1 is 0.881 bits per heavy atom. The van der Waals surface area contributed by atoms with E-state index in [2.05, 4.69) is 27.6 Å². The fourth-order valence-electron chi connectivity index (χ4n) is 6.44. The number of nitrogens with two attached hydrogens (primary N) is 2. The number of morpholine rings is 1. The quantitative estimate of drug-likeness (QED) is 0.0867. The van der Waals surface area contributed by atoms with Crippen molar-refractivity contribution in [3.8, 4) is 0 Å². The van der Waals surface area contributed by atoms with E-state index < -0.39 is 48.5 Å². The number of primary amides is 1. The Hall–Kier alpha value is -7.41. The van der Waals surface area contributed by atoms with Gasteiger partial charge in [0, 0.05) is 53.3 Å². The third kappa shape index (κ3) is 13.8. The largest absolute Gasteiger partial charge is 0.490 e. The average molecular weight is 960 g/mol. The molecule has 3 aliphatic rings. The highest BCUT2D eigenvalue weighted by atomic mass is 19.4. The van der Waals surface area contributed by atoms with Gasteiger partial charge in [0.1, 0.15) is 12.0 Å². The number of hydrogen-bond acceptors (Lipinski definition) is 11. The van der Waals surface area contributed by atoms with Crippen LogP contribution in [0.4, 0.5) is 61.1 Å². The summed E-state index contributed by atoms with van der Waals surface area (Å²) in [6.07, 6.45) is -5.50. The van der Waals surface area contributed by atoms with Crippen molar-refractivity contribution in [2.24, 2.45) is 5.73 Å². The molecule has 1 amide bonds. The molecule has 2 aliphatic heterocycles. The number of nitrogens with zero attached hydrogens (tertiary/aromatic N) is 3. The predicted molar refractivity (Wildman–Crippen MR) is 221 cm³/mol. The zero-order valence-corrected chi connectivity index (χ0v) is 34.5. The van der Waals surface area contributed by atoms with Gasteiger partial charge in [0.2, 0.25) is 5.91 Å². The Balaban J connectivity index is 0.000000389. The number of fused-ring (bicyclic) bond motifs is 2. The van der Waals surface area contributed by atoms with Crippen molar-refractivity contribution in [2.45, 2.75) is 44.1 Å². The van der Waals surface area contributed by atoms with Crippen LogP contribution in [0.5, 0.6) is 0 Å². The summed E-state index contributed by atoms with van der Waals surface area (Å²) in [5, 5.41) is 28.7. The van der Waals surface area contributed by atoms with Gasteiger partial charge in [-0.1, -0.05) is 43.4 Å². The zero-order chi connectivity index (χ0) is 50.0. The molecule has 3 aromatic carbocycles. The van der Waals surface area contributed by atoms with Gasteiger partial charge < -0.3 is 41.7 Å². The maximum absolute atomic E-state index is 16.8. The fraction of sp³-hybridized carbons (Fsp3) is 0.262. The number of benzene rings is 3. The van der Waals surface area contributed by atoms with Crippen LogP contribution in [0, 0.1) is 5.82 Å². The number of hydrazine groups is 1. The second-order valence-corrected chi connectivity index (χ2v) is 14.0. The summed E-state index contributed by atoms with van der Waals surface area (Å²) in [5.74, 6) is -8.60. The van der Waals surface area contributed by atoms with Gasteiger partial charge in [-0.15, -0.1) is 0 Å². The first-order valence-corrected chi connectivity index (χ1v) is 19.2. The summed E-state index contributed by atoms with van der Waals surface area (Å²) in [5.41, 5.74) is 21.4. The summed E-state index contributed by atoms with van der Waals surface area (Å²) in [6.45, 7) is 4.42. The van der Waals surface area contributed by atoms with Crippen molar-refractivity contribution >= 4 is 57.4 Å². The second-order valence-electron chi connectivity index (χ2n) is 14.0. The normalized spacial score (nSPS) is 16.1. The van der Waals surface area contributed by atoms with Crippen molar-refractivity contribution in [1.82, 2.24) is 15.4 Å². The van der Waals surface area contributed by atoms with E-state index in [0.717, 1.165) is 45.2 Å². The number of amides is 1. The molecule has 0 spiro atoms. The zero-order valence-electron chi connectivity index (χ0n) is 34.5. The van der Waals surface area contributed by atoms with E-state index in [1.165, 1.54) is 0 Å². The highest BCUT2D eigenvalue weighted by Gasteiger charge is 2.40. The number of nitrogens with one attached hydrogen (secondary N) is 2. The number of rotatable bonds is 8. The highest BCUT2D eigenvalue weighted by Crippen LogP contribution is 2.39. The summed E-state index contributed by atoms with van der Waals surface area (Å²) < 4.78 is 118. The van der Waals surface area contributed by atoms with Crippen LogP contribution in [0.15, 0.2) is 96.9 Å². The van der Waals surface area contributed by atoms with Crippen LogP contribution >= 0.6 is 0 Å². The van der Waals surface area contributed by atoms with E-state index in [-0.39, 0.29) is 11.9 Å². The lowest BCUT2D eigenvalue weighted by Crippen LogP contribution is -2.42. The molecule has 0 bridgehead atoms. The SMILES string of the molecule is CCc1cc(C(Nc2ccc3c(N)nccc3c2)N2C=C3C(c4ccccc4C(N)=O)=CC=CC3N2)c(F)c(N2CCOCC2)c1.O=C(O)C(F)(F)F.O=C(O)C(F)(F)F.O=C(O)C(F)(F)F. The molecule has 0 radical (unpaired) electrons. The van der Waals surface area contributed by atoms with E-state index >= 15 is 4.39 Å². The number of nitrogen functional groups attached to an aromatic ring is 1. The number of carboxylic acids is 3. The van der Waals surface area contributed by atoms with Crippen LogP contribution in [0.3, 0.4) is 0 Å². The molecule has 4 aromatic rings. The number of ether oxygens (including phenoxy) is 1. The predicted octanol–water partition coefficient (Wildman–Crippen LogP) is 7.19. The molecule has 25 heteroatoms. The van der Waals surface area contributed by atoms with Gasteiger partial charge in [-0.05, 0) is 71.0 Å². The number of halogens is 10. The number of carbonyl (C=O) groups excluding carboxylic acids is 1. The number of aryl methyl sites for hydroxylation is 1. The van der Waals surface area contributed by atoms with Gasteiger partial charge in [0.25, 0.3) is 0 Å². The standard InChI is InChI=1S/C36H36FN7O2.3C2HF3O2/c1-2-22-18-29(33(37)32(19-22)43-14-16-46-17-15-43)36(41-24-10-11-25-23(20-24)12-13-40-34(25)38)44-21-30-27(8-5-9-31(30)42-44)26-6-3-4-7-28(26)35(39)45;3*3-2(4,5)1(6)7/h3-13,18-21,31,36,41-42H,2,14-17H2,1H3,(H2,38,40)(H2,39,45);3*(H,6,7). The number of aromatic nitrogens is 1. The molecule has 1 aliphatic carbocycles. The number of carboxylic acid groups (broad SMARTS) is 3. The monoisotopic (exact) mass is 959 g/mol. The van der Waals surface area contributed by atoms with Crippen molar-refractivity contribution in [3.63, 3.8) is 0 Å². The molecule has 1 saturated heterocycles. The first-order valence-electron chi connectivity index (χ1n) is 19.2. The molecular formula is C42H39F10N7O8. The lowest BCUT2D eigenvalue weighted by atomic mass is 9.87. The minimum Gasteiger partial charge on any atom is -0.475 e. The smallest absolute Gasteiger partial charge is 0.475 e. The lowest BCUT2D eigenvalue weighted by molar-refractivity contribution is -0.193. The Morgan fingerprint density at radius 3 is 2.01 bits per heavy atom. The van der Waals surface area contributed by atoms with Crippen LogP contribution in [0.2, 0.25) is 0 Å². The Morgan fingerprint density at radius 2 is 1.46 bits per heavy atom. The van der Waals surface area contributed by atoms with E-state index in [0.29, 0.717) is 48.9 Å². The van der Waals surface area contributed by atoms with Gasteiger partial charge in [0.15, 0.2) is 5.82 Å². The number of allylic oxidation sites excluding steroid dienone is 2. The number of anilines is 3. The number of carbonyl (C=O) groups is 4. The topological polar surface area (TPSA) is 234 Å². The van der Waals surface area contributed by atoms with Gasteiger partial charge in [-0.3, -0.25) is 9.80 Å². The molecule has 2 atom stereocenters. The van der Waals surface area contributed by atoms with Gasteiger partial charge in [-0.2, -0.15) is 39.5 Å². The van der Waals surface area contributed by atoms with Gasteiger partial charge in [-0.25, -0.2) is 29.2 Å². The van der Waals surface area contributed by atoms with Crippen LogP contribution in [-0.2, 0) is 25.5 Å². The van der Waals surface area contributed by atoms with E-state index in [1.54, 1.807) is 18.3 Å². The summed E-state index contributed by atoms with van der Waals surface area (Å²) in [6, 6.07) is 18.8. The molecule has 67 heavy (non-hydrogen) atoms. The van der Waals surface area contributed by atoms with Crippen molar-refractivity contribution < 1.29 is 83.1 Å². The van der Waals surface area contributed by atoms with Gasteiger partial charge >= 0.3 is 36.4 Å². The molecular weight excluding hydrogens is 920 g/mol. The van der Waals surface area contributed by atoms with Crippen LogP contribution in [0.25, 0.3) is 16.3 Å². The summed E-state index contributed by atoms with van der Waals surface area (Å²) in [7, 11) is 0. The minimum absolute atomic E-state index is 0.205. The third-order valence-electron chi connectivity index (χ3n) is 9.56. The molecule has 360 valence electrons. The summed E-state index contributed by atoms with van der Waals surface area (Å²) in [4.78, 5) is 45.3. The Bertz CT molecular complexity index is 2500. The minimum atomic E-state index is -5.08. The third-order valence-corrected chi connectivity index (χ3v) is 9.56. The number of hydrogen-bond donors (Lipinski definition) is 7. The second kappa shape index (κ2) is 21.7. The molecule has 7 rings (SSSR count). The van der Waals surface area contributed by atoms with Crippen LogP contribution in [-0.4, -0.2) is 100 Å². The maximum Gasteiger partial charge on any atom is 0.490 e. The Kier molecular flexibility index (Phi) is 16.9. The summed E-state index contributed by atoms with van der Waals surface area (Å²) >= 11 is 0. The van der Waals surface area contributed by atoms with E-state index in [4.69, 9.17) is 45.9 Å². The fourth-order valence-corrected chi connectivity index (χ4v) is 6.44. The molecule has 15 nitrogen and oxygen atoms in total. The molecule has 3 heterocycles. The first-order chi connectivity index (χ1) is 31.2. The number of aliphatic carboxylic acids is 3. The van der Waals surface area contributed by atoms with Crippen molar-refractivity contribution in [3.05, 3.63) is 125 Å². The highest BCUT2D eigenvalue weighted by molar-refractivity contribution is 6.01. The Labute approximate surface area is 372 Å². The van der Waals surface area contributed by atoms with Crippen LogP contribution < -0.4 is 27.1 Å². The van der Waals surface area contributed by atoms with Crippen molar-refractivity contribution in [1.29, 1.82) is 0 Å². The maximum atomic E-state index is 16.8. The first kappa shape index (κ1) is 52.2. The molecule has 9 N–H and O–H groups in total. The average Bonchev–Trinajstić information content (AvgIpc) is 3.70.